The Morgan fingerprint density at radius 3 is 2.77 bits per heavy atom. The molecule has 0 spiro atoms. The van der Waals surface area contributed by atoms with Crippen molar-refractivity contribution in [3.8, 4) is 5.75 Å². The van der Waals surface area contributed by atoms with Gasteiger partial charge < -0.3 is 4.74 Å². The summed E-state index contributed by atoms with van der Waals surface area (Å²) in [7, 11) is 0. The summed E-state index contributed by atoms with van der Waals surface area (Å²) in [5, 5.41) is 11.4. The van der Waals surface area contributed by atoms with Gasteiger partial charge in [0.15, 0.2) is 0 Å². The Labute approximate surface area is 157 Å². The molecule has 3 aromatic rings. The van der Waals surface area contributed by atoms with Gasteiger partial charge in [0.1, 0.15) is 5.75 Å². The van der Waals surface area contributed by atoms with Crippen molar-refractivity contribution in [2.75, 3.05) is 0 Å². The van der Waals surface area contributed by atoms with Crippen molar-refractivity contribution in [2.45, 2.75) is 32.5 Å². The van der Waals surface area contributed by atoms with E-state index in [1.165, 1.54) is 27.8 Å². The van der Waals surface area contributed by atoms with Crippen molar-refractivity contribution in [1.29, 1.82) is 0 Å². The molecule has 4 heteroatoms. The van der Waals surface area contributed by atoms with E-state index in [0.717, 1.165) is 17.9 Å². The number of hydrogen-bond acceptors (Lipinski definition) is 4. The molecule has 0 amide bonds. The fourth-order valence-electron chi connectivity index (χ4n) is 3.77. The quantitative estimate of drug-likeness (QED) is 0.593. The van der Waals surface area contributed by atoms with Crippen LogP contribution in [0, 0.1) is 13.8 Å². The summed E-state index contributed by atoms with van der Waals surface area (Å²) in [6, 6.07) is 17.3. The van der Waals surface area contributed by atoms with E-state index in [4.69, 9.17) is 9.84 Å². The Balaban J connectivity index is 1.59. The van der Waals surface area contributed by atoms with Gasteiger partial charge in [-0.3, -0.25) is 0 Å². The molecule has 0 aliphatic carbocycles. The first kappa shape index (κ1) is 15.6. The van der Waals surface area contributed by atoms with Crippen LogP contribution in [-0.2, 0) is 0 Å². The van der Waals surface area contributed by atoms with E-state index < -0.39 is 0 Å². The lowest BCUT2D eigenvalue weighted by Crippen LogP contribution is -2.33. The Morgan fingerprint density at radius 2 is 1.96 bits per heavy atom. The lowest BCUT2D eigenvalue weighted by molar-refractivity contribution is -0.0187. The summed E-state index contributed by atoms with van der Waals surface area (Å²) >= 11 is 1.69. The molecule has 0 saturated carbocycles. The summed E-state index contributed by atoms with van der Waals surface area (Å²) in [6.45, 7) is 4.31. The van der Waals surface area contributed by atoms with Gasteiger partial charge in [0.2, 0.25) is 6.23 Å². The van der Waals surface area contributed by atoms with E-state index in [2.05, 4.69) is 72.1 Å². The number of benzene rings is 2. The third kappa shape index (κ3) is 2.44. The smallest absolute Gasteiger partial charge is 0.214 e. The topological polar surface area (TPSA) is 24.8 Å². The van der Waals surface area contributed by atoms with Crippen LogP contribution in [0.25, 0.3) is 0 Å². The summed E-state index contributed by atoms with van der Waals surface area (Å²) in [4.78, 5) is 0. The van der Waals surface area contributed by atoms with Gasteiger partial charge in [-0.1, -0.05) is 30.3 Å². The first-order valence-corrected chi connectivity index (χ1v) is 9.86. The molecule has 2 aliphatic rings. The van der Waals surface area contributed by atoms with E-state index in [1.807, 2.05) is 6.07 Å². The largest absolute Gasteiger partial charge is 0.464 e. The fourth-order valence-corrected chi connectivity index (χ4v) is 4.43. The predicted molar refractivity (Wildman–Crippen MR) is 106 cm³/mol. The molecule has 2 aromatic carbocycles. The molecule has 26 heavy (non-hydrogen) atoms. The molecular weight excluding hydrogens is 340 g/mol. The second-order valence-electron chi connectivity index (χ2n) is 7.01. The maximum atomic E-state index is 6.34. The second kappa shape index (κ2) is 5.99. The third-order valence-corrected chi connectivity index (χ3v) is 6.07. The fraction of sp³-hybridized carbons (Fsp3) is 0.227. The highest BCUT2D eigenvalue weighted by Gasteiger charge is 2.40. The third-order valence-electron chi connectivity index (χ3n) is 5.37. The molecule has 5 rings (SSSR count). The van der Waals surface area contributed by atoms with Crippen molar-refractivity contribution in [1.82, 2.24) is 5.01 Å². The minimum Gasteiger partial charge on any atom is -0.464 e. The second-order valence-corrected chi connectivity index (χ2v) is 7.79. The Bertz CT molecular complexity index is 993. The molecule has 3 heterocycles. The van der Waals surface area contributed by atoms with Crippen molar-refractivity contribution < 1.29 is 4.74 Å². The molecule has 0 fully saturated rings. The number of aryl methyl sites for hydroxylation is 2. The number of hydrogen-bond donors (Lipinski definition) is 0. The summed E-state index contributed by atoms with van der Waals surface area (Å²) in [5.41, 5.74) is 7.36. The number of para-hydroxylation sites is 1. The molecular formula is C22H20N2OS. The number of ether oxygens (including phenoxy) is 1. The Morgan fingerprint density at radius 1 is 1.08 bits per heavy atom. The van der Waals surface area contributed by atoms with E-state index in [1.54, 1.807) is 11.3 Å². The van der Waals surface area contributed by atoms with Gasteiger partial charge in [-0.25, -0.2) is 5.01 Å². The van der Waals surface area contributed by atoms with Crippen molar-refractivity contribution in [2.24, 2.45) is 5.10 Å². The zero-order chi connectivity index (χ0) is 17.7. The number of hydrazone groups is 1. The first-order chi connectivity index (χ1) is 12.7. The molecule has 0 saturated heterocycles. The maximum absolute atomic E-state index is 6.34. The molecule has 2 aliphatic heterocycles. The van der Waals surface area contributed by atoms with Crippen LogP contribution in [0.1, 0.15) is 46.5 Å². The Hall–Kier alpha value is -2.59. The SMILES string of the molecule is Cc1ccc(C2=NN3[C@H](C2)c2ccccc2O[C@@H]3c2ccsc2)cc1C. The van der Waals surface area contributed by atoms with Gasteiger partial charge in [-0.05, 0) is 59.5 Å². The lowest BCUT2D eigenvalue weighted by atomic mass is 9.95. The Kier molecular flexibility index (Phi) is 3.61. The highest BCUT2D eigenvalue weighted by Crippen LogP contribution is 2.47. The van der Waals surface area contributed by atoms with E-state index in [9.17, 15) is 0 Å². The predicted octanol–water partition coefficient (Wildman–Crippen LogP) is 5.61. The average molecular weight is 360 g/mol. The van der Waals surface area contributed by atoms with Crippen LogP contribution in [0.2, 0.25) is 0 Å². The van der Waals surface area contributed by atoms with Crippen LogP contribution in [0.5, 0.6) is 5.75 Å². The maximum Gasteiger partial charge on any atom is 0.214 e. The lowest BCUT2D eigenvalue weighted by Gasteiger charge is -2.37. The summed E-state index contributed by atoms with van der Waals surface area (Å²) in [5.74, 6) is 0.974. The highest BCUT2D eigenvalue weighted by molar-refractivity contribution is 7.07. The molecule has 0 unspecified atom stereocenters. The van der Waals surface area contributed by atoms with E-state index in [0.29, 0.717) is 0 Å². The van der Waals surface area contributed by atoms with Crippen LogP contribution < -0.4 is 4.74 Å². The molecule has 0 radical (unpaired) electrons. The van der Waals surface area contributed by atoms with Gasteiger partial charge in [0.25, 0.3) is 0 Å². The normalized spacial score (nSPS) is 21.0. The van der Waals surface area contributed by atoms with Gasteiger partial charge in [-0.2, -0.15) is 16.4 Å². The van der Waals surface area contributed by atoms with Crippen LogP contribution in [0.4, 0.5) is 0 Å². The minimum atomic E-state index is -0.162. The van der Waals surface area contributed by atoms with Gasteiger partial charge in [0, 0.05) is 17.5 Å². The molecule has 130 valence electrons. The molecule has 0 bridgehead atoms. The van der Waals surface area contributed by atoms with Crippen LogP contribution >= 0.6 is 11.3 Å². The summed E-state index contributed by atoms with van der Waals surface area (Å²) < 4.78 is 6.34. The number of fused-ring (bicyclic) bond motifs is 3. The highest BCUT2D eigenvalue weighted by atomic mass is 32.1. The van der Waals surface area contributed by atoms with Crippen molar-refractivity contribution >= 4 is 17.0 Å². The average Bonchev–Trinajstić information content (AvgIpc) is 3.33. The summed E-state index contributed by atoms with van der Waals surface area (Å²) in [6.07, 6.45) is 0.744. The zero-order valence-electron chi connectivity index (χ0n) is 14.8. The van der Waals surface area contributed by atoms with Crippen molar-refractivity contribution in [3.05, 3.63) is 87.1 Å². The zero-order valence-corrected chi connectivity index (χ0v) is 15.7. The molecule has 2 atom stereocenters. The molecule has 0 N–H and O–H groups in total. The monoisotopic (exact) mass is 360 g/mol. The van der Waals surface area contributed by atoms with E-state index in [-0.39, 0.29) is 12.3 Å². The molecule has 1 aromatic heterocycles. The number of rotatable bonds is 2. The van der Waals surface area contributed by atoms with Gasteiger partial charge in [-0.15, -0.1) is 0 Å². The van der Waals surface area contributed by atoms with Gasteiger partial charge >= 0.3 is 0 Å². The number of thiophene rings is 1. The standard InChI is InChI=1S/C22H20N2OS/c1-14-7-8-16(11-15(14)2)19-12-20-18-5-3-4-6-21(18)25-22(24(20)23-19)17-9-10-26-13-17/h3-11,13,20,22H,12H2,1-2H3/t20-,22-/m1/s1. The van der Waals surface area contributed by atoms with E-state index >= 15 is 0 Å². The molecule has 3 nitrogen and oxygen atoms in total. The van der Waals surface area contributed by atoms with Crippen molar-refractivity contribution in [3.63, 3.8) is 0 Å². The van der Waals surface area contributed by atoms with Crippen LogP contribution in [0.15, 0.2) is 64.4 Å². The van der Waals surface area contributed by atoms with Crippen LogP contribution in [0.3, 0.4) is 0 Å². The van der Waals surface area contributed by atoms with Gasteiger partial charge in [0.05, 0.1) is 11.8 Å². The van der Waals surface area contributed by atoms with Crippen LogP contribution in [-0.4, -0.2) is 10.7 Å². The number of nitrogens with zero attached hydrogens (tertiary/aromatic N) is 2. The minimum absolute atomic E-state index is 0.162. The first-order valence-electron chi connectivity index (χ1n) is 8.92.